The molecule has 1 unspecified atom stereocenters. The van der Waals surface area contributed by atoms with Gasteiger partial charge in [0.2, 0.25) is 0 Å². The van der Waals surface area contributed by atoms with Crippen molar-refractivity contribution in [2.45, 2.75) is 78.0 Å². The third kappa shape index (κ3) is 4.06. The van der Waals surface area contributed by atoms with E-state index in [-0.39, 0.29) is 5.60 Å². The van der Waals surface area contributed by atoms with Crippen LogP contribution in [0.25, 0.3) is 0 Å². The molecule has 0 aromatic rings. The predicted molar refractivity (Wildman–Crippen MR) is 69.8 cm³/mol. The van der Waals surface area contributed by atoms with Gasteiger partial charge in [-0.15, -0.1) is 0 Å². The molecular weight excluding hydrogens is 198 g/mol. The van der Waals surface area contributed by atoms with Crippen LogP contribution in [0.15, 0.2) is 0 Å². The molecule has 0 bridgehead atoms. The number of hydrogen-bond acceptors (Lipinski definition) is 2. The van der Waals surface area contributed by atoms with E-state index in [4.69, 9.17) is 4.74 Å². The fourth-order valence-electron chi connectivity index (χ4n) is 2.31. The van der Waals surface area contributed by atoms with Crippen molar-refractivity contribution in [3.63, 3.8) is 0 Å². The van der Waals surface area contributed by atoms with Crippen LogP contribution >= 0.6 is 0 Å². The van der Waals surface area contributed by atoms with Crippen molar-refractivity contribution in [1.29, 1.82) is 0 Å². The standard InChI is InChI=1S/C14H29NO/c1-7-14(5,6)15-10-8-9-12(11-15)16-13(2,3)4/h12H,7-11H2,1-6H3. The van der Waals surface area contributed by atoms with Crippen molar-refractivity contribution in [3.05, 3.63) is 0 Å². The molecule has 0 spiro atoms. The fraction of sp³-hybridized carbons (Fsp3) is 1.00. The maximum atomic E-state index is 6.11. The Morgan fingerprint density at radius 1 is 1.19 bits per heavy atom. The van der Waals surface area contributed by atoms with E-state index in [9.17, 15) is 0 Å². The van der Waals surface area contributed by atoms with E-state index in [2.05, 4.69) is 46.4 Å². The zero-order valence-corrected chi connectivity index (χ0v) is 12.0. The van der Waals surface area contributed by atoms with Gasteiger partial charge in [-0.2, -0.15) is 0 Å². The number of piperidine rings is 1. The lowest BCUT2D eigenvalue weighted by Gasteiger charge is -2.44. The zero-order chi connectivity index (χ0) is 12.4. The number of likely N-dealkylation sites (tertiary alicyclic amines) is 1. The van der Waals surface area contributed by atoms with Gasteiger partial charge in [0.25, 0.3) is 0 Å². The van der Waals surface area contributed by atoms with Crippen LogP contribution in [0.2, 0.25) is 0 Å². The number of ether oxygens (including phenoxy) is 1. The van der Waals surface area contributed by atoms with Crippen molar-refractivity contribution in [2.75, 3.05) is 13.1 Å². The first-order valence-corrected chi connectivity index (χ1v) is 6.67. The minimum absolute atomic E-state index is 0.00989. The Morgan fingerprint density at radius 2 is 1.81 bits per heavy atom. The predicted octanol–water partition coefficient (Wildman–Crippen LogP) is 3.45. The van der Waals surface area contributed by atoms with Crippen LogP contribution in [-0.4, -0.2) is 35.2 Å². The summed E-state index contributed by atoms with van der Waals surface area (Å²) >= 11 is 0. The first-order valence-electron chi connectivity index (χ1n) is 6.67. The van der Waals surface area contributed by atoms with E-state index in [1.54, 1.807) is 0 Å². The molecule has 0 aliphatic carbocycles. The molecule has 2 heteroatoms. The van der Waals surface area contributed by atoms with Gasteiger partial charge in [0.05, 0.1) is 11.7 Å². The highest BCUT2D eigenvalue weighted by Crippen LogP contribution is 2.26. The van der Waals surface area contributed by atoms with Gasteiger partial charge in [0.15, 0.2) is 0 Å². The molecule has 2 nitrogen and oxygen atoms in total. The van der Waals surface area contributed by atoms with Crippen LogP contribution in [0, 0.1) is 0 Å². The third-order valence-electron chi connectivity index (χ3n) is 3.62. The van der Waals surface area contributed by atoms with Gasteiger partial charge in [-0.1, -0.05) is 6.92 Å². The van der Waals surface area contributed by atoms with Crippen molar-refractivity contribution in [2.24, 2.45) is 0 Å². The molecule has 1 rings (SSSR count). The van der Waals surface area contributed by atoms with Crippen LogP contribution in [0.3, 0.4) is 0 Å². The quantitative estimate of drug-likeness (QED) is 0.732. The van der Waals surface area contributed by atoms with E-state index in [1.165, 1.54) is 25.8 Å². The monoisotopic (exact) mass is 227 g/mol. The van der Waals surface area contributed by atoms with Gasteiger partial charge < -0.3 is 4.74 Å². The van der Waals surface area contributed by atoms with Crippen LogP contribution in [-0.2, 0) is 4.74 Å². The molecule has 1 saturated heterocycles. The Hall–Kier alpha value is -0.0800. The molecule has 16 heavy (non-hydrogen) atoms. The lowest BCUT2D eigenvalue weighted by molar-refractivity contribution is -0.0992. The molecule has 1 heterocycles. The Bertz CT molecular complexity index is 217. The highest BCUT2D eigenvalue weighted by atomic mass is 16.5. The Morgan fingerprint density at radius 3 is 2.31 bits per heavy atom. The lowest BCUT2D eigenvalue weighted by Crippen LogP contribution is -2.51. The molecule has 0 amide bonds. The van der Waals surface area contributed by atoms with E-state index < -0.39 is 0 Å². The van der Waals surface area contributed by atoms with Gasteiger partial charge in [-0.05, 0) is 60.4 Å². The zero-order valence-electron chi connectivity index (χ0n) is 12.0. The second-order valence-corrected chi connectivity index (χ2v) is 6.61. The largest absolute Gasteiger partial charge is 0.371 e. The van der Waals surface area contributed by atoms with Crippen LogP contribution in [0.4, 0.5) is 0 Å². The SMILES string of the molecule is CCC(C)(C)N1CCCC(OC(C)(C)C)C1. The summed E-state index contributed by atoms with van der Waals surface area (Å²) in [5.74, 6) is 0. The molecule has 0 saturated carbocycles. The summed E-state index contributed by atoms with van der Waals surface area (Å²) in [6, 6.07) is 0. The minimum Gasteiger partial charge on any atom is -0.371 e. The first-order chi connectivity index (χ1) is 7.24. The normalized spacial score (nSPS) is 24.8. The summed E-state index contributed by atoms with van der Waals surface area (Å²) in [7, 11) is 0. The second-order valence-electron chi connectivity index (χ2n) is 6.61. The average Bonchev–Trinajstić information content (AvgIpc) is 2.15. The van der Waals surface area contributed by atoms with Crippen molar-refractivity contribution >= 4 is 0 Å². The number of nitrogens with zero attached hydrogens (tertiary/aromatic N) is 1. The van der Waals surface area contributed by atoms with Crippen molar-refractivity contribution in [1.82, 2.24) is 4.90 Å². The molecule has 1 aliphatic heterocycles. The number of hydrogen-bond donors (Lipinski definition) is 0. The average molecular weight is 227 g/mol. The molecule has 1 atom stereocenters. The Balaban J connectivity index is 2.54. The maximum absolute atomic E-state index is 6.11. The minimum atomic E-state index is -0.00989. The molecule has 1 fully saturated rings. The Kier molecular flexibility index (Phi) is 4.42. The summed E-state index contributed by atoms with van der Waals surface area (Å²) in [5.41, 5.74) is 0.309. The molecule has 0 N–H and O–H groups in total. The summed E-state index contributed by atoms with van der Waals surface area (Å²) in [4.78, 5) is 2.59. The molecule has 0 aromatic heterocycles. The van der Waals surface area contributed by atoms with Gasteiger partial charge in [0, 0.05) is 12.1 Å². The van der Waals surface area contributed by atoms with Gasteiger partial charge in [-0.3, -0.25) is 4.90 Å². The van der Waals surface area contributed by atoms with Crippen molar-refractivity contribution < 1.29 is 4.74 Å². The molecular formula is C14H29NO. The van der Waals surface area contributed by atoms with E-state index in [1.807, 2.05) is 0 Å². The highest BCUT2D eigenvalue weighted by Gasteiger charge is 2.31. The van der Waals surface area contributed by atoms with Crippen LogP contribution in [0.1, 0.15) is 60.8 Å². The summed E-state index contributed by atoms with van der Waals surface area (Å²) in [6.07, 6.45) is 4.10. The summed E-state index contributed by atoms with van der Waals surface area (Å²) in [6.45, 7) is 15.7. The van der Waals surface area contributed by atoms with Gasteiger partial charge in [0.1, 0.15) is 0 Å². The van der Waals surface area contributed by atoms with Gasteiger partial charge in [-0.25, -0.2) is 0 Å². The lowest BCUT2D eigenvalue weighted by atomic mass is 9.95. The highest BCUT2D eigenvalue weighted by molar-refractivity contribution is 4.86. The van der Waals surface area contributed by atoms with Gasteiger partial charge >= 0.3 is 0 Å². The molecule has 96 valence electrons. The van der Waals surface area contributed by atoms with E-state index in [0.29, 0.717) is 11.6 Å². The topological polar surface area (TPSA) is 12.5 Å². The summed E-state index contributed by atoms with van der Waals surface area (Å²) < 4.78 is 6.11. The second kappa shape index (κ2) is 5.05. The third-order valence-corrected chi connectivity index (χ3v) is 3.62. The van der Waals surface area contributed by atoms with Crippen LogP contribution in [0.5, 0.6) is 0 Å². The molecule has 1 aliphatic rings. The van der Waals surface area contributed by atoms with Crippen molar-refractivity contribution in [3.8, 4) is 0 Å². The smallest absolute Gasteiger partial charge is 0.0709 e. The van der Waals surface area contributed by atoms with Crippen LogP contribution < -0.4 is 0 Å². The summed E-state index contributed by atoms with van der Waals surface area (Å²) in [5, 5.41) is 0. The van der Waals surface area contributed by atoms with E-state index in [0.717, 1.165) is 6.54 Å². The first kappa shape index (κ1) is 14.0. The van der Waals surface area contributed by atoms with E-state index >= 15 is 0 Å². The Labute approximate surface area is 101 Å². The molecule has 0 radical (unpaired) electrons. The molecule has 0 aromatic carbocycles. The fourth-order valence-corrected chi connectivity index (χ4v) is 2.31. The maximum Gasteiger partial charge on any atom is 0.0709 e. The number of rotatable bonds is 3.